The molecule has 0 aliphatic carbocycles. The van der Waals surface area contributed by atoms with Gasteiger partial charge in [0, 0.05) is 36.1 Å². The van der Waals surface area contributed by atoms with E-state index in [1.54, 1.807) is 0 Å². The monoisotopic (exact) mass is 373 g/mol. The van der Waals surface area contributed by atoms with Gasteiger partial charge in [-0.1, -0.05) is 35.9 Å². The zero-order chi connectivity index (χ0) is 19.4. The first kappa shape index (κ1) is 17.2. The SMILES string of the molecule is Cc1ccc(N2C(=O)C[C@@H](N3CCc4[nH]c5ccccc5c4C3)C2=O)c(C)c1. The molecule has 1 saturated heterocycles. The Morgan fingerprint density at radius 2 is 1.89 bits per heavy atom. The summed E-state index contributed by atoms with van der Waals surface area (Å²) in [6.45, 7) is 5.45. The molecule has 1 N–H and O–H groups in total. The number of fused-ring (bicyclic) bond motifs is 3. The molecule has 5 rings (SSSR count). The minimum atomic E-state index is -0.380. The molecule has 28 heavy (non-hydrogen) atoms. The van der Waals surface area contributed by atoms with Crippen LogP contribution in [0.3, 0.4) is 0 Å². The van der Waals surface area contributed by atoms with Gasteiger partial charge in [-0.25, -0.2) is 4.90 Å². The highest BCUT2D eigenvalue weighted by molar-refractivity contribution is 6.22. The summed E-state index contributed by atoms with van der Waals surface area (Å²) in [5.74, 6) is -0.202. The summed E-state index contributed by atoms with van der Waals surface area (Å²) < 4.78 is 0. The molecule has 2 aliphatic heterocycles. The summed E-state index contributed by atoms with van der Waals surface area (Å²) in [5, 5.41) is 1.21. The van der Waals surface area contributed by atoms with E-state index in [4.69, 9.17) is 0 Å². The number of carbonyl (C=O) groups excluding carboxylic acids is 2. The van der Waals surface area contributed by atoms with Crippen molar-refractivity contribution >= 4 is 28.4 Å². The molecular weight excluding hydrogens is 350 g/mol. The summed E-state index contributed by atoms with van der Waals surface area (Å²) in [7, 11) is 0. The maximum absolute atomic E-state index is 13.2. The molecule has 5 heteroatoms. The minimum Gasteiger partial charge on any atom is -0.358 e. The summed E-state index contributed by atoms with van der Waals surface area (Å²) >= 11 is 0. The predicted octanol–water partition coefficient (Wildman–Crippen LogP) is 3.47. The molecule has 0 bridgehead atoms. The van der Waals surface area contributed by atoms with Crippen LogP contribution >= 0.6 is 0 Å². The van der Waals surface area contributed by atoms with Crippen LogP contribution in [0.2, 0.25) is 0 Å². The number of nitrogens with one attached hydrogen (secondary N) is 1. The number of amides is 2. The van der Waals surface area contributed by atoms with Crippen molar-refractivity contribution in [3.05, 3.63) is 64.8 Å². The lowest BCUT2D eigenvalue weighted by Gasteiger charge is -2.31. The van der Waals surface area contributed by atoms with E-state index in [1.807, 2.05) is 44.2 Å². The maximum atomic E-state index is 13.2. The highest BCUT2D eigenvalue weighted by atomic mass is 16.2. The largest absolute Gasteiger partial charge is 0.358 e. The van der Waals surface area contributed by atoms with Gasteiger partial charge in [-0.3, -0.25) is 14.5 Å². The number of aromatic amines is 1. The molecule has 1 aromatic heterocycles. The number of aromatic nitrogens is 1. The molecule has 1 atom stereocenters. The van der Waals surface area contributed by atoms with Crippen LogP contribution in [0.25, 0.3) is 10.9 Å². The van der Waals surface area contributed by atoms with Crippen molar-refractivity contribution < 1.29 is 9.59 Å². The van der Waals surface area contributed by atoms with E-state index in [1.165, 1.54) is 21.5 Å². The Morgan fingerprint density at radius 3 is 2.71 bits per heavy atom. The van der Waals surface area contributed by atoms with Crippen LogP contribution in [0.15, 0.2) is 42.5 Å². The smallest absolute Gasteiger partial charge is 0.251 e. The van der Waals surface area contributed by atoms with Crippen LogP contribution < -0.4 is 4.90 Å². The molecule has 0 spiro atoms. The van der Waals surface area contributed by atoms with E-state index < -0.39 is 0 Å². The molecule has 0 radical (unpaired) electrons. The number of anilines is 1. The Balaban J connectivity index is 1.45. The summed E-state index contributed by atoms with van der Waals surface area (Å²) in [6.07, 6.45) is 1.12. The second kappa shape index (κ2) is 6.31. The van der Waals surface area contributed by atoms with Crippen molar-refractivity contribution in [3.8, 4) is 0 Å². The lowest BCUT2D eigenvalue weighted by molar-refractivity contribution is -0.123. The molecule has 0 saturated carbocycles. The lowest BCUT2D eigenvalue weighted by atomic mass is 10.0. The third-order valence-electron chi connectivity index (χ3n) is 6.07. The number of H-pyrrole nitrogens is 1. The van der Waals surface area contributed by atoms with Gasteiger partial charge < -0.3 is 4.98 Å². The van der Waals surface area contributed by atoms with Crippen molar-refractivity contribution in [2.75, 3.05) is 11.4 Å². The number of benzene rings is 2. The predicted molar refractivity (Wildman–Crippen MR) is 109 cm³/mol. The summed E-state index contributed by atoms with van der Waals surface area (Å²) in [5.41, 5.74) is 6.44. The van der Waals surface area contributed by atoms with Gasteiger partial charge in [0.2, 0.25) is 5.91 Å². The Bertz CT molecular complexity index is 1110. The van der Waals surface area contributed by atoms with Crippen LogP contribution in [-0.4, -0.2) is 34.3 Å². The Hall–Kier alpha value is -2.92. The molecule has 0 unspecified atom stereocenters. The van der Waals surface area contributed by atoms with E-state index in [0.717, 1.165) is 29.6 Å². The van der Waals surface area contributed by atoms with Gasteiger partial charge in [-0.2, -0.15) is 0 Å². The van der Waals surface area contributed by atoms with Crippen molar-refractivity contribution in [3.63, 3.8) is 0 Å². The maximum Gasteiger partial charge on any atom is 0.251 e. The Labute approximate surface area is 163 Å². The number of imide groups is 1. The molecule has 3 aromatic rings. The number of hydrogen-bond donors (Lipinski definition) is 1. The number of para-hydroxylation sites is 1. The molecule has 2 aromatic carbocycles. The average Bonchev–Trinajstić information content (AvgIpc) is 3.19. The van der Waals surface area contributed by atoms with Crippen molar-refractivity contribution in [1.82, 2.24) is 9.88 Å². The number of hydrogen-bond acceptors (Lipinski definition) is 3. The molecule has 3 heterocycles. The van der Waals surface area contributed by atoms with Crippen molar-refractivity contribution in [2.45, 2.75) is 39.3 Å². The third kappa shape index (κ3) is 2.58. The summed E-state index contributed by atoms with van der Waals surface area (Å²) in [6, 6.07) is 13.8. The fraction of sp³-hybridized carbons (Fsp3) is 0.304. The fourth-order valence-corrected chi connectivity index (χ4v) is 4.66. The second-order valence-corrected chi connectivity index (χ2v) is 7.93. The lowest BCUT2D eigenvalue weighted by Crippen LogP contribution is -2.44. The Kier molecular flexibility index (Phi) is 3.88. The van der Waals surface area contributed by atoms with Crippen LogP contribution in [0, 0.1) is 13.8 Å². The molecule has 2 amide bonds. The molecule has 5 nitrogen and oxygen atoms in total. The van der Waals surface area contributed by atoms with E-state index in [9.17, 15) is 9.59 Å². The van der Waals surface area contributed by atoms with E-state index >= 15 is 0 Å². The Morgan fingerprint density at radius 1 is 1.07 bits per heavy atom. The third-order valence-corrected chi connectivity index (χ3v) is 6.07. The number of nitrogens with zero attached hydrogens (tertiary/aromatic N) is 2. The van der Waals surface area contributed by atoms with Gasteiger partial charge in [0.05, 0.1) is 18.2 Å². The summed E-state index contributed by atoms with van der Waals surface area (Å²) in [4.78, 5) is 33.0. The first-order chi connectivity index (χ1) is 13.5. The normalized spacial score (nSPS) is 20.2. The first-order valence-electron chi connectivity index (χ1n) is 9.79. The van der Waals surface area contributed by atoms with Crippen LogP contribution in [0.4, 0.5) is 5.69 Å². The standard InChI is InChI=1S/C23H23N3O2/c1-14-7-8-20(15(2)11-14)26-22(27)12-21(23(26)28)25-10-9-19-17(13-25)16-5-3-4-6-18(16)24-19/h3-8,11,21,24H,9-10,12-13H2,1-2H3/t21-/m1/s1. The van der Waals surface area contributed by atoms with Crippen LogP contribution in [0.5, 0.6) is 0 Å². The average molecular weight is 373 g/mol. The fourth-order valence-electron chi connectivity index (χ4n) is 4.66. The quantitative estimate of drug-likeness (QED) is 0.700. The molecule has 2 aliphatic rings. The van der Waals surface area contributed by atoms with Crippen molar-refractivity contribution in [2.24, 2.45) is 0 Å². The number of carbonyl (C=O) groups is 2. The topological polar surface area (TPSA) is 56.4 Å². The highest BCUT2D eigenvalue weighted by Crippen LogP contribution is 2.33. The second-order valence-electron chi connectivity index (χ2n) is 7.93. The van der Waals surface area contributed by atoms with Crippen LogP contribution in [-0.2, 0) is 22.6 Å². The van der Waals surface area contributed by atoms with E-state index in [-0.39, 0.29) is 24.3 Å². The molecular formula is C23H23N3O2. The minimum absolute atomic E-state index is 0.0970. The van der Waals surface area contributed by atoms with E-state index in [0.29, 0.717) is 12.2 Å². The van der Waals surface area contributed by atoms with Gasteiger partial charge in [0.1, 0.15) is 0 Å². The van der Waals surface area contributed by atoms with Gasteiger partial charge in [-0.15, -0.1) is 0 Å². The highest BCUT2D eigenvalue weighted by Gasteiger charge is 2.44. The number of rotatable bonds is 2. The molecule has 142 valence electrons. The molecule has 1 fully saturated rings. The van der Waals surface area contributed by atoms with E-state index in [2.05, 4.69) is 22.0 Å². The zero-order valence-electron chi connectivity index (χ0n) is 16.2. The van der Waals surface area contributed by atoms with Gasteiger partial charge in [0.15, 0.2) is 0 Å². The number of aryl methyl sites for hydroxylation is 2. The van der Waals surface area contributed by atoms with Gasteiger partial charge in [-0.05, 0) is 37.1 Å². The van der Waals surface area contributed by atoms with Crippen molar-refractivity contribution in [1.29, 1.82) is 0 Å². The van der Waals surface area contributed by atoms with Gasteiger partial charge in [0.25, 0.3) is 5.91 Å². The first-order valence-corrected chi connectivity index (χ1v) is 9.79. The van der Waals surface area contributed by atoms with Crippen LogP contribution in [0.1, 0.15) is 28.8 Å². The zero-order valence-corrected chi connectivity index (χ0v) is 16.2. The van der Waals surface area contributed by atoms with Gasteiger partial charge >= 0.3 is 0 Å².